The highest BCUT2D eigenvalue weighted by Crippen LogP contribution is 2.33. The van der Waals surface area contributed by atoms with Gasteiger partial charge in [-0.3, -0.25) is 0 Å². The molecule has 1 aromatic rings. The fourth-order valence-corrected chi connectivity index (χ4v) is 1.87. The van der Waals surface area contributed by atoms with Crippen molar-refractivity contribution in [1.82, 2.24) is 0 Å². The van der Waals surface area contributed by atoms with Crippen molar-refractivity contribution in [3.05, 3.63) is 27.7 Å². The summed E-state index contributed by atoms with van der Waals surface area (Å²) in [7, 11) is 0. The number of nitrogens with zero attached hydrogens (tertiary/aromatic N) is 2. The van der Waals surface area contributed by atoms with Crippen LogP contribution in [-0.2, 0) is 0 Å². The number of amidine groups is 1. The van der Waals surface area contributed by atoms with Crippen LogP contribution in [0.2, 0.25) is 10.0 Å². The molecule has 0 heterocycles. The second-order valence-corrected chi connectivity index (χ2v) is 4.77. The van der Waals surface area contributed by atoms with E-state index in [2.05, 4.69) is 10.2 Å². The molecule has 2 N–H and O–H groups in total. The van der Waals surface area contributed by atoms with E-state index >= 15 is 0 Å². The Morgan fingerprint density at radius 3 is 2.56 bits per heavy atom. The molecule has 18 heavy (non-hydrogen) atoms. The van der Waals surface area contributed by atoms with Crippen LogP contribution >= 0.6 is 35.0 Å². The number of halogens is 2. The monoisotopic (exact) mass is 305 g/mol. The maximum absolute atomic E-state index is 6.05. The Morgan fingerprint density at radius 1 is 1.44 bits per heavy atom. The number of ether oxygens (including phenoxy) is 1. The van der Waals surface area contributed by atoms with Crippen LogP contribution in [0.3, 0.4) is 0 Å². The van der Waals surface area contributed by atoms with Crippen molar-refractivity contribution in [2.45, 2.75) is 6.92 Å². The van der Waals surface area contributed by atoms with Crippen molar-refractivity contribution >= 4 is 46.3 Å². The minimum atomic E-state index is 0.384. The van der Waals surface area contributed by atoms with Crippen LogP contribution in [-0.4, -0.2) is 24.2 Å². The average molecular weight is 306 g/mol. The molecule has 4 nitrogen and oxygen atoms in total. The Morgan fingerprint density at radius 2 is 2.06 bits per heavy atom. The highest BCUT2D eigenvalue weighted by atomic mass is 35.5. The first-order valence-electron chi connectivity index (χ1n) is 5.10. The molecule has 0 saturated heterocycles. The van der Waals surface area contributed by atoms with Crippen molar-refractivity contribution in [3.63, 3.8) is 0 Å². The summed E-state index contributed by atoms with van der Waals surface area (Å²) in [5, 5.41) is 8.85. The molecule has 0 radical (unpaired) electrons. The molecule has 98 valence electrons. The van der Waals surface area contributed by atoms with Gasteiger partial charge in [0.1, 0.15) is 0 Å². The van der Waals surface area contributed by atoms with Gasteiger partial charge in [-0.2, -0.15) is 5.10 Å². The summed E-state index contributed by atoms with van der Waals surface area (Å²) in [6.07, 6.45) is 3.34. The van der Waals surface area contributed by atoms with Gasteiger partial charge in [0.2, 0.25) is 0 Å². The van der Waals surface area contributed by atoms with Crippen LogP contribution < -0.4 is 10.5 Å². The molecule has 0 aliphatic carbocycles. The second kappa shape index (κ2) is 7.51. The molecule has 1 aromatic carbocycles. The summed E-state index contributed by atoms with van der Waals surface area (Å²) in [6, 6.07) is 3.40. The number of hydrogen-bond donors (Lipinski definition) is 1. The summed E-state index contributed by atoms with van der Waals surface area (Å²) in [5.74, 6) is 0.477. The normalized spacial score (nSPS) is 12.1. The topological polar surface area (TPSA) is 60.0 Å². The predicted octanol–water partition coefficient (Wildman–Crippen LogP) is 3.40. The van der Waals surface area contributed by atoms with E-state index in [1.54, 1.807) is 12.1 Å². The summed E-state index contributed by atoms with van der Waals surface area (Å²) in [4.78, 5) is 0. The fraction of sp³-hybridized carbons (Fsp3) is 0.273. The summed E-state index contributed by atoms with van der Waals surface area (Å²) >= 11 is 13.4. The average Bonchev–Trinajstić information content (AvgIpc) is 2.33. The maximum atomic E-state index is 6.05. The highest BCUT2D eigenvalue weighted by molar-refractivity contribution is 8.13. The van der Waals surface area contributed by atoms with Gasteiger partial charge < -0.3 is 10.5 Å². The summed E-state index contributed by atoms with van der Waals surface area (Å²) in [6.45, 7) is 2.36. The zero-order chi connectivity index (χ0) is 13.5. The van der Waals surface area contributed by atoms with Gasteiger partial charge in [-0.25, -0.2) is 0 Å². The zero-order valence-electron chi connectivity index (χ0n) is 9.98. The van der Waals surface area contributed by atoms with E-state index in [4.69, 9.17) is 33.7 Å². The maximum Gasteiger partial charge on any atom is 0.180 e. The van der Waals surface area contributed by atoms with E-state index < -0.39 is 0 Å². The molecule has 0 saturated carbocycles. The number of nitrogens with two attached hydrogens (primary N) is 1. The fourth-order valence-electron chi connectivity index (χ4n) is 1.13. The highest BCUT2D eigenvalue weighted by Gasteiger charge is 2.08. The summed E-state index contributed by atoms with van der Waals surface area (Å²) in [5.41, 5.74) is 6.22. The van der Waals surface area contributed by atoms with Gasteiger partial charge in [-0.1, -0.05) is 35.0 Å². The molecule has 0 spiro atoms. The van der Waals surface area contributed by atoms with Crippen LogP contribution in [0.15, 0.2) is 22.3 Å². The Bertz CT molecular complexity index is 454. The third-order valence-electron chi connectivity index (χ3n) is 1.88. The predicted molar refractivity (Wildman–Crippen MR) is 80.4 cm³/mol. The van der Waals surface area contributed by atoms with Crippen LogP contribution in [0.25, 0.3) is 0 Å². The molecule has 7 heteroatoms. The molecule has 0 bridgehead atoms. The second-order valence-electron chi connectivity index (χ2n) is 3.13. The van der Waals surface area contributed by atoms with Gasteiger partial charge in [-0.15, -0.1) is 5.10 Å². The minimum Gasteiger partial charge on any atom is -0.491 e. The van der Waals surface area contributed by atoms with Crippen molar-refractivity contribution < 1.29 is 4.74 Å². The van der Waals surface area contributed by atoms with E-state index in [0.29, 0.717) is 27.6 Å². The van der Waals surface area contributed by atoms with Crippen molar-refractivity contribution in [2.75, 3.05) is 12.9 Å². The zero-order valence-corrected chi connectivity index (χ0v) is 12.3. The van der Waals surface area contributed by atoms with Gasteiger partial charge in [0.05, 0.1) is 22.9 Å². The quantitative estimate of drug-likeness (QED) is 0.527. The lowest BCUT2D eigenvalue weighted by Gasteiger charge is -2.08. The van der Waals surface area contributed by atoms with E-state index in [-0.39, 0.29) is 0 Å². The number of thioether (sulfide) groups is 1. The molecular weight excluding hydrogens is 293 g/mol. The number of benzene rings is 1. The van der Waals surface area contributed by atoms with Gasteiger partial charge in [0, 0.05) is 0 Å². The third kappa shape index (κ3) is 4.40. The standard InChI is InChI=1S/C11H13Cl2N3OS/c1-3-17-10-8(12)4-7(5-9(10)13)6-15-16-11(14)18-2/h4-6H,3H2,1-2H3,(H2,14,16)/b15-6-. The van der Waals surface area contributed by atoms with Gasteiger partial charge in [0.25, 0.3) is 0 Å². The first-order valence-corrected chi connectivity index (χ1v) is 7.08. The first-order chi connectivity index (χ1) is 8.58. The molecule has 0 unspecified atom stereocenters. The molecule has 0 aliphatic heterocycles. The minimum absolute atomic E-state index is 0.384. The van der Waals surface area contributed by atoms with Gasteiger partial charge in [0.15, 0.2) is 10.9 Å². The van der Waals surface area contributed by atoms with Crippen molar-refractivity contribution in [3.8, 4) is 5.75 Å². The van der Waals surface area contributed by atoms with Gasteiger partial charge in [-0.05, 0) is 30.9 Å². The first kappa shape index (κ1) is 15.1. The van der Waals surface area contributed by atoms with Crippen LogP contribution in [0.4, 0.5) is 0 Å². The Kier molecular flexibility index (Phi) is 6.32. The molecule has 1 rings (SSSR count). The van der Waals surface area contributed by atoms with Crippen LogP contribution in [0, 0.1) is 0 Å². The Balaban J connectivity index is 2.93. The van der Waals surface area contributed by atoms with Crippen molar-refractivity contribution in [1.29, 1.82) is 0 Å². The SMILES string of the molecule is CCOc1c(Cl)cc(/C=N\N=C(/N)SC)cc1Cl. The van der Waals surface area contributed by atoms with Crippen LogP contribution in [0.1, 0.15) is 12.5 Å². The molecule has 0 atom stereocenters. The molecule has 0 amide bonds. The van der Waals surface area contributed by atoms with Gasteiger partial charge >= 0.3 is 0 Å². The van der Waals surface area contributed by atoms with Crippen LogP contribution in [0.5, 0.6) is 5.75 Å². The van der Waals surface area contributed by atoms with Crippen molar-refractivity contribution in [2.24, 2.45) is 15.9 Å². The molecule has 0 aromatic heterocycles. The van der Waals surface area contributed by atoms with E-state index in [1.807, 2.05) is 13.2 Å². The molecule has 0 aliphatic rings. The smallest absolute Gasteiger partial charge is 0.180 e. The lowest BCUT2D eigenvalue weighted by Crippen LogP contribution is -2.03. The van der Waals surface area contributed by atoms with E-state index in [1.165, 1.54) is 18.0 Å². The molecule has 0 fully saturated rings. The third-order valence-corrected chi connectivity index (χ3v) is 2.94. The van der Waals surface area contributed by atoms with E-state index in [9.17, 15) is 0 Å². The number of hydrogen-bond acceptors (Lipinski definition) is 4. The number of rotatable bonds is 4. The van der Waals surface area contributed by atoms with E-state index in [0.717, 1.165) is 5.56 Å². The lowest BCUT2D eigenvalue weighted by molar-refractivity contribution is 0.340. The Hall–Kier alpha value is -0.910. The lowest BCUT2D eigenvalue weighted by atomic mass is 10.2. The molecular formula is C11H13Cl2N3OS. The summed E-state index contributed by atoms with van der Waals surface area (Å²) < 4.78 is 5.32. The largest absolute Gasteiger partial charge is 0.491 e. The Labute approximate surface area is 120 Å².